The third-order valence-electron chi connectivity index (χ3n) is 7.17. The maximum Gasteiger partial charge on any atom is 0.329 e. The molecule has 0 spiro atoms. The Morgan fingerprint density at radius 2 is 1.81 bits per heavy atom. The van der Waals surface area contributed by atoms with Gasteiger partial charge >= 0.3 is 5.69 Å². The number of likely N-dealkylation sites (tertiary alicyclic amines) is 1. The molecule has 5 rings (SSSR count). The number of carbonyl (C=O) groups is 2. The highest BCUT2D eigenvalue weighted by atomic mass is 16.2. The molecular weight excluding hydrogens is 394 g/mol. The van der Waals surface area contributed by atoms with Crippen molar-refractivity contribution < 1.29 is 9.59 Å². The van der Waals surface area contributed by atoms with Crippen LogP contribution in [-0.2, 0) is 23.1 Å². The molecule has 0 radical (unpaired) electrons. The lowest BCUT2D eigenvalue weighted by Crippen LogP contribution is -2.51. The van der Waals surface area contributed by atoms with E-state index in [-0.39, 0.29) is 23.9 Å². The van der Waals surface area contributed by atoms with Crippen molar-refractivity contribution in [1.29, 1.82) is 0 Å². The standard InChI is InChI=1S/C23H31N5O3/c1-26-21-15(5-2-3-12-27-13-16-8-9-17(14-27)24-16)6-4-7-18(21)28(23(26)31)19-10-11-20(29)25-22(19)30/h4,6-7,16-17,19,24H,2-3,5,8-14H2,1H3,(H,25,29,30)/t16-,17?,19?/m0/s1. The van der Waals surface area contributed by atoms with Crippen LogP contribution in [0.25, 0.3) is 11.0 Å². The average Bonchev–Trinajstić information content (AvgIpc) is 3.22. The van der Waals surface area contributed by atoms with E-state index >= 15 is 0 Å². The third kappa shape index (κ3) is 3.83. The quantitative estimate of drug-likeness (QED) is 0.534. The number of nitrogens with zero attached hydrogens (tertiary/aromatic N) is 3. The van der Waals surface area contributed by atoms with Crippen LogP contribution in [0.3, 0.4) is 0 Å². The highest BCUT2D eigenvalue weighted by Gasteiger charge is 2.32. The fourth-order valence-corrected chi connectivity index (χ4v) is 5.67. The Morgan fingerprint density at radius 3 is 2.55 bits per heavy atom. The number of nitrogens with one attached hydrogen (secondary N) is 2. The van der Waals surface area contributed by atoms with E-state index in [0.717, 1.165) is 55.5 Å². The van der Waals surface area contributed by atoms with E-state index < -0.39 is 6.04 Å². The number of piperazine rings is 1. The minimum absolute atomic E-state index is 0.201. The molecule has 8 heteroatoms. The number of rotatable bonds is 6. The summed E-state index contributed by atoms with van der Waals surface area (Å²) < 4.78 is 3.22. The summed E-state index contributed by atoms with van der Waals surface area (Å²) in [5.41, 5.74) is 2.62. The summed E-state index contributed by atoms with van der Waals surface area (Å²) in [7, 11) is 1.77. The van der Waals surface area contributed by atoms with Crippen LogP contribution in [0.1, 0.15) is 50.1 Å². The third-order valence-corrected chi connectivity index (χ3v) is 7.17. The number of hydrogen-bond acceptors (Lipinski definition) is 5. The van der Waals surface area contributed by atoms with Gasteiger partial charge in [0.2, 0.25) is 11.8 Å². The Morgan fingerprint density at radius 1 is 1.03 bits per heavy atom. The first-order valence-electron chi connectivity index (χ1n) is 11.5. The highest BCUT2D eigenvalue weighted by molar-refractivity contribution is 6.00. The van der Waals surface area contributed by atoms with Gasteiger partial charge in [0.05, 0.1) is 11.0 Å². The average molecular weight is 426 g/mol. The molecule has 8 nitrogen and oxygen atoms in total. The zero-order chi connectivity index (χ0) is 21.5. The summed E-state index contributed by atoms with van der Waals surface area (Å²) in [6, 6.07) is 6.67. The lowest BCUT2D eigenvalue weighted by atomic mass is 10.0. The van der Waals surface area contributed by atoms with Crippen LogP contribution in [0.5, 0.6) is 0 Å². The van der Waals surface area contributed by atoms with E-state index in [2.05, 4.69) is 21.6 Å². The normalized spacial score (nSPS) is 26.5. The molecule has 2 aromatic rings. The van der Waals surface area contributed by atoms with Crippen LogP contribution in [-0.4, -0.2) is 57.6 Å². The van der Waals surface area contributed by atoms with Crippen molar-refractivity contribution in [1.82, 2.24) is 24.7 Å². The molecule has 31 heavy (non-hydrogen) atoms. The second-order valence-corrected chi connectivity index (χ2v) is 9.32. The molecular formula is C23H31N5O3. The van der Waals surface area contributed by atoms with Gasteiger partial charge in [-0.25, -0.2) is 4.79 Å². The summed E-state index contributed by atoms with van der Waals surface area (Å²) >= 11 is 0. The number of piperidine rings is 1. The fourth-order valence-electron chi connectivity index (χ4n) is 5.67. The molecule has 0 aliphatic carbocycles. The topological polar surface area (TPSA) is 88.4 Å². The molecule has 3 aliphatic heterocycles. The maximum atomic E-state index is 13.0. The van der Waals surface area contributed by atoms with E-state index in [1.54, 1.807) is 16.2 Å². The van der Waals surface area contributed by atoms with Crippen molar-refractivity contribution in [3.63, 3.8) is 0 Å². The Hall–Kier alpha value is -2.45. The first-order valence-corrected chi connectivity index (χ1v) is 11.5. The van der Waals surface area contributed by atoms with E-state index in [4.69, 9.17) is 0 Å². The monoisotopic (exact) mass is 425 g/mol. The van der Waals surface area contributed by atoms with Gasteiger partial charge < -0.3 is 10.2 Å². The van der Waals surface area contributed by atoms with Gasteiger partial charge in [0.1, 0.15) is 6.04 Å². The molecule has 4 heterocycles. The van der Waals surface area contributed by atoms with Gasteiger partial charge in [-0.3, -0.25) is 24.0 Å². The number of fused-ring (bicyclic) bond motifs is 3. The van der Waals surface area contributed by atoms with Gasteiger partial charge in [0.25, 0.3) is 0 Å². The van der Waals surface area contributed by atoms with Crippen molar-refractivity contribution in [2.45, 2.75) is 63.1 Å². The van der Waals surface area contributed by atoms with Gasteiger partial charge in [-0.15, -0.1) is 0 Å². The van der Waals surface area contributed by atoms with E-state index in [1.807, 2.05) is 12.1 Å². The molecule has 3 aliphatic rings. The van der Waals surface area contributed by atoms with Crippen LogP contribution in [0.4, 0.5) is 0 Å². The highest BCUT2D eigenvalue weighted by Crippen LogP contribution is 2.26. The Balaban J connectivity index is 1.30. The van der Waals surface area contributed by atoms with Crippen molar-refractivity contribution in [3.05, 3.63) is 34.2 Å². The lowest BCUT2D eigenvalue weighted by molar-refractivity contribution is -0.135. The number of amides is 2. The van der Waals surface area contributed by atoms with Crippen LogP contribution in [0.2, 0.25) is 0 Å². The number of benzene rings is 1. The smallest absolute Gasteiger partial charge is 0.309 e. The number of unbranched alkanes of at least 4 members (excludes halogenated alkanes) is 1. The Bertz CT molecular complexity index is 1060. The second-order valence-electron chi connectivity index (χ2n) is 9.32. The van der Waals surface area contributed by atoms with Crippen molar-refractivity contribution in [3.8, 4) is 0 Å². The first-order chi connectivity index (χ1) is 15.0. The second kappa shape index (κ2) is 8.24. The number of aryl methyl sites for hydroxylation is 2. The zero-order valence-corrected chi connectivity index (χ0v) is 18.1. The predicted molar refractivity (Wildman–Crippen MR) is 118 cm³/mol. The van der Waals surface area contributed by atoms with E-state index in [0.29, 0.717) is 18.5 Å². The molecule has 2 N–H and O–H groups in total. The molecule has 2 unspecified atom stereocenters. The van der Waals surface area contributed by atoms with Crippen LogP contribution < -0.4 is 16.3 Å². The number of carbonyl (C=O) groups excluding carboxylic acids is 2. The SMILES string of the molecule is Cn1c(=O)n(C2CCC(=O)NC2=O)c2cccc(CCCCN3CC4CC[C@@H](C3)N4)c21. The largest absolute Gasteiger partial charge is 0.329 e. The van der Waals surface area contributed by atoms with Gasteiger partial charge in [-0.2, -0.15) is 0 Å². The summed E-state index contributed by atoms with van der Waals surface area (Å²) in [6.45, 7) is 3.45. The molecule has 166 valence electrons. The van der Waals surface area contributed by atoms with Crippen LogP contribution >= 0.6 is 0 Å². The molecule has 3 atom stereocenters. The molecule has 0 saturated carbocycles. The molecule has 3 saturated heterocycles. The number of imidazole rings is 1. The number of hydrogen-bond donors (Lipinski definition) is 2. The van der Waals surface area contributed by atoms with E-state index in [1.165, 1.54) is 12.8 Å². The van der Waals surface area contributed by atoms with Crippen LogP contribution in [0, 0.1) is 0 Å². The van der Waals surface area contributed by atoms with Gasteiger partial charge in [-0.05, 0) is 56.7 Å². The Kier molecular flexibility index (Phi) is 5.44. The number of imide groups is 1. The van der Waals surface area contributed by atoms with E-state index in [9.17, 15) is 14.4 Å². The zero-order valence-electron chi connectivity index (χ0n) is 18.1. The minimum Gasteiger partial charge on any atom is -0.309 e. The number of aromatic nitrogens is 2. The maximum absolute atomic E-state index is 13.0. The summed E-state index contributed by atoms with van der Waals surface area (Å²) in [4.78, 5) is 39.5. The number of para-hydroxylation sites is 1. The van der Waals surface area contributed by atoms with Gasteiger partial charge in [-0.1, -0.05) is 12.1 Å². The molecule has 2 amide bonds. The fraction of sp³-hybridized carbons (Fsp3) is 0.609. The minimum atomic E-state index is -0.632. The predicted octanol–water partition coefficient (Wildman–Crippen LogP) is 1.08. The molecule has 1 aromatic heterocycles. The van der Waals surface area contributed by atoms with Crippen LogP contribution in [0.15, 0.2) is 23.0 Å². The molecule has 3 fully saturated rings. The summed E-state index contributed by atoms with van der Waals surface area (Å²) in [5.74, 6) is -0.658. The summed E-state index contributed by atoms with van der Waals surface area (Å²) in [5, 5.41) is 6.05. The van der Waals surface area contributed by atoms with Gasteiger partial charge in [0, 0.05) is 38.6 Å². The molecule has 1 aromatic carbocycles. The van der Waals surface area contributed by atoms with Crippen molar-refractivity contribution >= 4 is 22.8 Å². The Labute approximate surface area is 181 Å². The van der Waals surface area contributed by atoms with Gasteiger partial charge in [0.15, 0.2) is 0 Å². The molecule has 2 bridgehead atoms. The first kappa shape index (κ1) is 20.5. The summed E-state index contributed by atoms with van der Waals surface area (Å²) in [6.07, 6.45) is 6.34. The van der Waals surface area contributed by atoms with Crippen molar-refractivity contribution in [2.24, 2.45) is 7.05 Å². The lowest BCUT2D eigenvalue weighted by Gasteiger charge is -2.32. The van der Waals surface area contributed by atoms with Crippen molar-refractivity contribution in [2.75, 3.05) is 19.6 Å².